The molecule has 1 rings (SSSR count). The van der Waals surface area contributed by atoms with Gasteiger partial charge in [-0.1, -0.05) is 20.8 Å². The van der Waals surface area contributed by atoms with Crippen LogP contribution in [0, 0.1) is 5.41 Å². The number of hydrogen-bond acceptors (Lipinski definition) is 3. The van der Waals surface area contributed by atoms with E-state index in [0.717, 1.165) is 6.42 Å². The zero-order valence-electron chi connectivity index (χ0n) is 11.2. The molecule has 2 amide bonds. The van der Waals surface area contributed by atoms with E-state index in [1.54, 1.807) is 18.4 Å². The van der Waals surface area contributed by atoms with Gasteiger partial charge in [-0.05, 0) is 24.0 Å². The number of aliphatic hydroxyl groups excluding tert-OH is 1. The number of hydrogen-bond donors (Lipinski definition) is 3. The van der Waals surface area contributed by atoms with E-state index in [-0.39, 0.29) is 24.1 Å². The van der Waals surface area contributed by atoms with Crippen molar-refractivity contribution in [2.75, 3.05) is 6.61 Å². The average Bonchev–Trinajstić information content (AvgIpc) is 2.76. The highest BCUT2D eigenvalue weighted by Gasteiger charge is 2.19. The molecule has 0 aliphatic heterocycles. The molecule has 0 aliphatic carbocycles. The van der Waals surface area contributed by atoms with Gasteiger partial charge in [-0.3, -0.25) is 0 Å². The highest BCUT2D eigenvalue weighted by molar-refractivity contribution is 5.74. The van der Waals surface area contributed by atoms with Gasteiger partial charge in [-0.2, -0.15) is 0 Å². The number of nitrogens with one attached hydrogen (secondary N) is 2. The van der Waals surface area contributed by atoms with Gasteiger partial charge in [0.25, 0.3) is 0 Å². The molecule has 0 aromatic carbocycles. The van der Waals surface area contributed by atoms with E-state index in [2.05, 4.69) is 31.4 Å². The molecule has 102 valence electrons. The van der Waals surface area contributed by atoms with Gasteiger partial charge in [0.15, 0.2) is 0 Å². The lowest BCUT2D eigenvalue weighted by molar-refractivity contribution is 0.190. The van der Waals surface area contributed by atoms with Gasteiger partial charge in [0.05, 0.1) is 25.5 Å². The Hall–Kier alpha value is -1.49. The molecule has 5 nitrogen and oxygen atoms in total. The number of carbonyl (C=O) groups excluding carboxylic acids is 1. The summed E-state index contributed by atoms with van der Waals surface area (Å²) in [7, 11) is 0. The molecule has 1 atom stereocenters. The molecule has 18 heavy (non-hydrogen) atoms. The predicted molar refractivity (Wildman–Crippen MR) is 69.0 cm³/mol. The molecule has 0 fully saturated rings. The fraction of sp³-hybridized carbons (Fsp3) is 0.615. The molecule has 0 radical (unpaired) electrons. The Kier molecular flexibility index (Phi) is 5.22. The Morgan fingerprint density at radius 3 is 2.72 bits per heavy atom. The molecule has 3 N–H and O–H groups in total. The van der Waals surface area contributed by atoms with Gasteiger partial charge < -0.3 is 20.2 Å². The summed E-state index contributed by atoms with van der Waals surface area (Å²) in [4.78, 5) is 11.6. The van der Waals surface area contributed by atoms with Crippen LogP contribution < -0.4 is 10.6 Å². The van der Waals surface area contributed by atoms with E-state index in [1.165, 1.54) is 0 Å². The maximum absolute atomic E-state index is 11.6. The summed E-state index contributed by atoms with van der Waals surface area (Å²) in [5.41, 5.74) is 0.0572. The predicted octanol–water partition coefficient (Wildman–Crippen LogP) is 1.88. The lowest BCUT2D eigenvalue weighted by Gasteiger charge is -2.25. The molecular formula is C13H22N2O3. The van der Waals surface area contributed by atoms with Crippen molar-refractivity contribution in [3.63, 3.8) is 0 Å². The van der Waals surface area contributed by atoms with Gasteiger partial charge in [0.2, 0.25) is 0 Å². The third kappa shape index (κ3) is 5.72. The maximum Gasteiger partial charge on any atom is 0.315 e. The van der Waals surface area contributed by atoms with Crippen molar-refractivity contribution in [2.45, 2.75) is 39.8 Å². The third-order valence-electron chi connectivity index (χ3n) is 2.42. The maximum atomic E-state index is 11.6. The zero-order chi connectivity index (χ0) is 13.6. The normalized spacial score (nSPS) is 13.1. The molecule has 0 saturated heterocycles. The average molecular weight is 254 g/mol. The summed E-state index contributed by atoms with van der Waals surface area (Å²) in [6, 6.07) is 3.03. The fourth-order valence-electron chi connectivity index (χ4n) is 1.72. The summed E-state index contributed by atoms with van der Waals surface area (Å²) in [5.74, 6) is 0.696. The van der Waals surface area contributed by atoms with Crippen molar-refractivity contribution in [3.8, 4) is 0 Å². The van der Waals surface area contributed by atoms with Crippen LogP contribution in [0.2, 0.25) is 0 Å². The van der Waals surface area contributed by atoms with Crippen molar-refractivity contribution in [2.24, 2.45) is 5.41 Å². The minimum Gasteiger partial charge on any atom is -0.467 e. The smallest absolute Gasteiger partial charge is 0.315 e. The first-order chi connectivity index (χ1) is 8.40. The summed E-state index contributed by atoms with van der Waals surface area (Å²) in [6.45, 7) is 6.48. The van der Waals surface area contributed by atoms with Crippen LogP contribution in [0.15, 0.2) is 22.8 Å². The second-order valence-corrected chi connectivity index (χ2v) is 5.55. The SMILES string of the molecule is CC(C)(C)CC(CO)NC(=O)NCc1ccco1. The molecule has 0 spiro atoms. The number of amides is 2. The van der Waals surface area contributed by atoms with Crippen molar-refractivity contribution in [1.29, 1.82) is 0 Å². The largest absolute Gasteiger partial charge is 0.467 e. The second-order valence-electron chi connectivity index (χ2n) is 5.55. The van der Waals surface area contributed by atoms with Crippen LogP contribution in [0.3, 0.4) is 0 Å². The number of aliphatic hydroxyl groups is 1. The topological polar surface area (TPSA) is 74.5 Å². The molecule has 1 heterocycles. The van der Waals surface area contributed by atoms with Crippen LogP contribution in [-0.2, 0) is 6.54 Å². The van der Waals surface area contributed by atoms with Crippen molar-refractivity contribution < 1.29 is 14.3 Å². The molecule has 1 aromatic rings. The highest BCUT2D eigenvalue weighted by atomic mass is 16.3. The third-order valence-corrected chi connectivity index (χ3v) is 2.42. The lowest BCUT2D eigenvalue weighted by Crippen LogP contribution is -2.45. The van der Waals surface area contributed by atoms with E-state index >= 15 is 0 Å². The summed E-state index contributed by atoms with van der Waals surface area (Å²) >= 11 is 0. The van der Waals surface area contributed by atoms with Gasteiger partial charge in [0, 0.05) is 0 Å². The van der Waals surface area contributed by atoms with Crippen molar-refractivity contribution in [3.05, 3.63) is 24.2 Å². The molecule has 0 saturated carbocycles. The van der Waals surface area contributed by atoms with Crippen LogP contribution >= 0.6 is 0 Å². The Labute approximate surface area is 108 Å². The Morgan fingerprint density at radius 1 is 1.50 bits per heavy atom. The summed E-state index contributed by atoms with van der Waals surface area (Å²) in [5, 5.41) is 14.7. The molecule has 1 aromatic heterocycles. The van der Waals surface area contributed by atoms with Gasteiger partial charge in [-0.25, -0.2) is 4.79 Å². The highest BCUT2D eigenvalue weighted by Crippen LogP contribution is 2.20. The Bertz CT molecular complexity index is 355. The minimum atomic E-state index is -0.297. The van der Waals surface area contributed by atoms with Crippen LogP contribution in [-0.4, -0.2) is 23.8 Å². The van der Waals surface area contributed by atoms with E-state index in [1.807, 2.05) is 0 Å². The molecular weight excluding hydrogens is 232 g/mol. The second kappa shape index (κ2) is 6.44. The molecule has 1 unspecified atom stereocenters. The van der Waals surface area contributed by atoms with Crippen molar-refractivity contribution >= 4 is 6.03 Å². The summed E-state index contributed by atoms with van der Waals surface area (Å²) < 4.78 is 5.10. The van der Waals surface area contributed by atoms with Crippen molar-refractivity contribution in [1.82, 2.24) is 10.6 Å². The van der Waals surface area contributed by atoms with Crippen LogP contribution in [0.4, 0.5) is 4.79 Å². The number of carbonyl (C=O) groups is 1. The quantitative estimate of drug-likeness (QED) is 0.751. The van der Waals surface area contributed by atoms with E-state index in [9.17, 15) is 9.90 Å². The van der Waals surface area contributed by atoms with Gasteiger partial charge in [0.1, 0.15) is 5.76 Å². The molecule has 0 aliphatic rings. The number of rotatable bonds is 5. The van der Waals surface area contributed by atoms with E-state index in [0.29, 0.717) is 12.3 Å². The van der Waals surface area contributed by atoms with Gasteiger partial charge >= 0.3 is 6.03 Å². The minimum absolute atomic E-state index is 0.0572. The lowest BCUT2D eigenvalue weighted by atomic mass is 9.88. The number of furan rings is 1. The first kappa shape index (κ1) is 14.6. The fourth-order valence-corrected chi connectivity index (χ4v) is 1.72. The molecule has 0 bridgehead atoms. The van der Waals surface area contributed by atoms with E-state index < -0.39 is 0 Å². The van der Waals surface area contributed by atoms with Gasteiger partial charge in [-0.15, -0.1) is 0 Å². The summed E-state index contributed by atoms with van der Waals surface area (Å²) in [6.07, 6.45) is 2.28. The molecule has 5 heteroatoms. The number of urea groups is 1. The van der Waals surface area contributed by atoms with Crippen LogP contribution in [0.1, 0.15) is 33.0 Å². The zero-order valence-corrected chi connectivity index (χ0v) is 11.2. The standard InChI is InChI=1S/C13H22N2O3/c1-13(2,3)7-10(9-16)15-12(17)14-8-11-5-4-6-18-11/h4-6,10,16H,7-9H2,1-3H3,(H2,14,15,17). The van der Waals surface area contributed by atoms with Crippen LogP contribution in [0.5, 0.6) is 0 Å². The first-order valence-corrected chi connectivity index (χ1v) is 6.08. The first-order valence-electron chi connectivity index (χ1n) is 6.08. The monoisotopic (exact) mass is 254 g/mol. The Balaban J connectivity index is 2.33. The van der Waals surface area contributed by atoms with Crippen LogP contribution in [0.25, 0.3) is 0 Å². The van der Waals surface area contributed by atoms with E-state index in [4.69, 9.17) is 4.42 Å². The Morgan fingerprint density at radius 2 is 2.22 bits per heavy atom.